The van der Waals surface area contributed by atoms with E-state index in [4.69, 9.17) is 27.4 Å². The van der Waals surface area contributed by atoms with Gasteiger partial charge in [0.1, 0.15) is 17.3 Å². The quantitative estimate of drug-likeness (QED) is 0.306. The third-order valence-electron chi connectivity index (χ3n) is 6.49. The van der Waals surface area contributed by atoms with Gasteiger partial charge >= 0.3 is 16.3 Å². The van der Waals surface area contributed by atoms with Gasteiger partial charge in [-0.2, -0.15) is 21.6 Å². The van der Waals surface area contributed by atoms with E-state index >= 15 is 0 Å². The zero-order valence-corrected chi connectivity index (χ0v) is 23.5. The fraction of sp³-hybridized carbons (Fsp3) is 0.385. The summed E-state index contributed by atoms with van der Waals surface area (Å²) in [7, 11) is -4.48. The summed E-state index contributed by atoms with van der Waals surface area (Å²) < 4.78 is 67.8. The smallest absolute Gasteiger partial charge is 0.390 e. The molecule has 2 aromatic carbocycles. The molecule has 0 spiro atoms. The van der Waals surface area contributed by atoms with E-state index in [2.05, 4.69) is 10.3 Å². The second kappa shape index (κ2) is 12.0. The first-order valence-electron chi connectivity index (χ1n) is 12.4. The van der Waals surface area contributed by atoms with Crippen molar-refractivity contribution >= 4 is 39.2 Å². The zero-order chi connectivity index (χ0) is 29.2. The van der Waals surface area contributed by atoms with Crippen molar-refractivity contribution in [3.63, 3.8) is 0 Å². The minimum atomic E-state index is -4.64. The second-order valence-corrected chi connectivity index (χ2v) is 12.0. The SMILES string of the molecule is Cc1c(C(=O)NC2CCCCC2O)nc(-c2ccc(Cl)cc2Cl)n1-c1ccc(OS(=O)(=O)CCC(F)(F)F)cc1. The van der Waals surface area contributed by atoms with Crippen LogP contribution in [-0.2, 0) is 10.1 Å². The number of amides is 1. The number of rotatable bonds is 8. The van der Waals surface area contributed by atoms with Gasteiger partial charge in [0.2, 0.25) is 0 Å². The first kappa shape index (κ1) is 30.2. The van der Waals surface area contributed by atoms with Crippen LogP contribution in [0.1, 0.15) is 48.3 Å². The Labute approximate surface area is 239 Å². The molecular formula is C26H26Cl2F3N3O5S. The zero-order valence-electron chi connectivity index (χ0n) is 21.2. The Morgan fingerprint density at radius 3 is 2.45 bits per heavy atom. The van der Waals surface area contributed by atoms with Crippen LogP contribution in [0.2, 0.25) is 10.0 Å². The second-order valence-electron chi connectivity index (χ2n) is 9.46. The average molecular weight is 620 g/mol. The molecule has 1 aliphatic carbocycles. The molecule has 0 bridgehead atoms. The predicted molar refractivity (Wildman–Crippen MR) is 145 cm³/mol. The lowest BCUT2D eigenvalue weighted by Gasteiger charge is -2.28. The number of aliphatic hydroxyl groups excluding tert-OH is 1. The Bertz CT molecular complexity index is 1490. The van der Waals surface area contributed by atoms with E-state index in [-0.39, 0.29) is 16.5 Å². The largest absolute Gasteiger partial charge is 0.391 e. The van der Waals surface area contributed by atoms with Gasteiger partial charge in [0, 0.05) is 16.3 Å². The minimum absolute atomic E-state index is 0.0915. The number of nitrogens with one attached hydrogen (secondary N) is 1. The van der Waals surface area contributed by atoms with Crippen LogP contribution >= 0.6 is 23.2 Å². The number of nitrogens with zero attached hydrogens (tertiary/aromatic N) is 2. The Morgan fingerprint density at radius 1 is 1.15 bits per heavy atom. The average Bonchev–Trinajstić information content (AvgIpc) is 3.21. The molecule has 0 radical (unpaired) electrons. The number of aromatic nitrogens is 2. The van der Waals surface area contributed by atoms with Crippen molar-refractivity contribution in [1.82, 2.24) is 14.9 Å². The highest BCUT2D eigenvalue weighted by atomic mass is 35.5. The maximum Gasteiger partial charge on any atom is 0.390 e. The van der Waals surface area contributed by atoms with Crippen LogP contribution in [0.5, 0.6) is 5.75 Å². The van der Waals surface area contributed by atoms with Crippen molar-refractivity contribution in [3.05, 3.63) is 63.9 Å². The predicted octanol–water partition coefficient (Wildman–Crippen LogP) is 5.85. The summed E-state index contributed by atoms with van der Waals surface area (Å²) in [6.07, 6.45) is -3.86. The Kier molecular flexibility index (Phi) is 9.03. The van der Waals surface area contributed by atoms with Gasteiger partial charge in [-0.3, -0.25) is 9.36 Å². The number of carbonyl (C=O) groups is 1. The van der Waals surface area contributed by atoms with Crippen LogP contribution in [-0.4, -0.2) is 53.1 Å². The third kappa shape index (κ3) is 7.28. The molecule has 0 saturated heterocycles. The standard InChI is InChI=1S/C26H26Cl2F3N3O5S/c1-15-23(25(36)32-21-4-2-3-5-22(21)35)33-24(19-11-6-16(27)14-20(19)28)34(15)17-7-9-18(10-8-17)39-40(37,38)13-12-26(29,30)31/h6-11,14,21-22,35H,2-5,12-13H2,1H3,(H,32,36). The van der Waals surface area contributed by atoms with Gasteiger partial charge < -0.3 is 14.6 Å². The van der Waals surface area contributed by atoms with Crippen molar-refractivity contribution in [3.8, 4) is 22.8 Å². The topological polar surface area (TPSA) is 111 Å². The van der Waals surface area contributed by atoms with Gasteiger partial charge in [-0.1, -0.05) is 36.0 Å². The van der Waals surface area contributed by atoms with Gasteiger partial charge in [-0.05, 0) is 62.2 Å². The number of hydrogen-bond acceptors (Lipinski definition) is 6. The molecule has 2 unspecified atom stereocenters. The molecule has 2 N–H and O–H groups in total. The number of aliphatic hydroxyl groups is 1. The van der Waals surface area contributed by atoms with Gasteiger partial charge in [0.15, 0.2) is 0 Å². The van der Waals surface area contributed by atoms with Crippen molar-refractivity contribution in [2.45, 2.75) is 57.3 Å². The Morgan fingerprint density at radius 2 is 1.82 bits per heavy atom. The van der Waals surface area contributed by atoms with Crippen LogP contribution in [0.15, 0.2) is 42.5 Å². The summed E-state index contributed by atoms with van der Waals surface area (Å²) in [6.45, 7) is 1.67. The van der Waals surface area contributed by atoms with Crippen LogP contribution in [0.4, 0.5) is 13.2 Å². The molecule has 3 aromatic rings. The van der Waals surface area contributed by atoms with E-state index < -0.39 is 46.5 Å². The van der Waals surface area contributed by atoms with E-state index in [1.54, 1.807) is 23.6 Å². The van der Waals surface area contributed by atoms with Gasteiger partial charge in [0.05, 0.1) is 35.0 Å². The first-order chi connectivity index (χ1) is 18.7. The molecule has 216 valence electrons. The molecule has 0 aliphatic heterocycles. The summed E-state index contributed by atoms with van der Waals surface area (Å²) >= 11 is 12.5. The number of hydrogen-bond donors (Lipinski definition) is 2. The van der Waals surface area contributed by atoms with E-state index in [1.807, 2.05) is 0 Å². The highest BCUT2D eigenvalue weighted by molar-refractivity contribution is 7.87. The number of halogens is 5. The monoisotopic (exact) mass is 619 g/mol. The van der Waals surface area contributed by atoms with Crippen LogP contribution in [0.25, 0.3) is 17.1 Å². The van der Waals surface area contributed by atoms with Gasteiger partial charge in [0.25, 0.3) is 5.91 Å². The maximum atomic E-state index is 13.3. The summed E-state index contributed by atoms with van der Waals surface area (Å²) in [5.41, 5.74) is 1.42. The summed E-state index contributed by atoms with van der Waals surface area (Å²) in [5.74, 6) is -1.59. The van der Waals surface area contributed by atoms with Crippen LogP contribution < -0.4 is 9.50 Å². The van der Waals surface area contributed by atoms with Crippen molar-refractivity contribution in [2.75, 3.05) is 5.75 Å². The molecule has 2 atom stereocenters. The number of imidazole rings is 1. The van der Waals surface area contributed by atoms with E-state index in [0.29, 0.717) is 40.6 Å². The lowest BCUT2D eigenvalue weighted by molar-refractivity contribution is -0.130. The first-order valence-corrected chi connectivity index (χ1v) is 14.7. The van der Waals surface area contributed by atoms with Crippen LogP contribution in [0, 0.1) is 6.92 Å². The normalized spacial score (nSPS) is 18.0. The van der Waals surface area contributed by atoms with E-state index in [9.17, 15) is 31.5 Å². The fourth-order valence-corrected chi connectivity index (χ4v) is 5.94. The van der Waals surface area contributed by atoms with Crippen LogP contribution in [0.3, 0.4) is 0 Å². The highest BCUT2D eigenvalue weighted by Gasteiger charge is 2.31. The molecule has 4 rings (SSSR count). The van der Waals surface area contributed by atoms with Gasteiger partial charge in [-0.25, -0.2) is 4.98 Å². The minimum Gasteiger partial charge on any atom is -0.391 e. The molecule has 1 heterocycles. The fourth-order valence-electron chi connectivity index (χ4n) is 4.48. The summed E-state index contributed by atoms with van der Waals surface area (Å²) in [4.78, 5) is 17.8. The van der Waals surface area contributed by atoms with E-state index in [1.165, 1.54) is 30.3 Å². The van der Waals surface area contributed by atoms with Crippen molar-refractivity contribution in [2.24, 2.45) is 0 Å². The Hall–Kier alpha value is -2.80. The molecule has 1 fully saturated rings. The molecule has 1 aliphatic rings. The lowest BCUT2D eigenvalue weighted by Crippen LogP contribution is -2.45. The van der Waals surface area contributed by atoms with Gasteiger partial charge in [-0.15, -0.1) is 0 Å². The van der Waals surface area contributed by atoms with E-state index in [0.717, 1.165) is 12.8 Å². The summed E-state index contributed by atoms with van der Waals surface area (Å²) in [6, 6.07) is 9.87. The molecule has 8 nitrogen and oxygen atoms in total. The summed E-state index contributed by atoms with van der Waals surface area (Å²) in [5, 5.41) is 13.8. The number of alkyl halides is 3. The molecular weight excluding hydrogens is 594 g/mol. The highest BCUT2D eigenvalue weighted by Crippen LogP contribution is 2.34. The Balaban J connectivity index is 1.69. The third-order valence-corrected chi connectivity index (χ3v) is 8.19. The van der Waals surface area contributed by atoms with Crippen molar-refractivity contribution < 1.29 is 35.7 Å². The number of carbonyl (C=O) groups excluding carboxylic acids is 1. The lowest BCUT2D eigenvalue weighted by atomic mass is 9.92. The molecule has 40 heavy (non-hydrogen) atoms. The van der Waals surface area contributed by atoms with Crippen molar-refractivity contribution in [1.29, 1.82) is 0 Å². The molecule has 1 saturated carbocycles. The molecule has 1 amide bonds. The number of benzene rings is 2. The maximum absolute atomic E-state index is 13.3. The molecule has 14 heteroatoms. The molecule has 1 aromatic heterocycles.